The fourth-order valence-corrected chi connectivity index (χ4v) is 1.24. The van der Waals surface area contributed by atoms with Gasteiger partial charge in [-0.2, -0.15) is 0 Å². The Labute approximate surface area is 104 Å². The molecule has 0 fully saturated rings. The highest BCUT2D eigenvalue weighted by Crippen LogP contribution is 2.13. The number of hydrogen-bond donors (Lipinski definition) is 2. The molecule has 0 radical (unpaired) electrons. The molecule has 0 aliphatic carbocycles. The summed E-state index contributed by atoms with van der Waals surface area (Å²) in [5.74, 6) is -0.934. The van der Waals surface area contributed by atoms with Gasteiger partial charge < -0.3 is 15.3 Å². The molecule has 0 saturated carbocycles. The van der Waals surface area contributed by atoms with Gasteiger partial charge in [-0.1, -0.05) is 11.6 Å². The highest BCUT2D eigenvalue weighted by Gasteiger charge is 2.09. The Balaban J connectivity index is 2.48. The molecule has 1 aromatic carbocycles. The molecule has 6 heteroatoms. The van der Waals surface area contributed by atoms with Gasteiger partial charge in [-0.05, 0) is 24.3 Å². The molecule has 0 heterocycles. The van der Waals surface area contributed by atoms with E-state index in [1.54, 1.807) is 24.3 Å². The second-order valence-electron chi connectivity index (χ2n) is 3.50. The maximum atomic E-state index is 11.6. The summed E-state index contributed by atoms with van der Waals surface area (Å²) in [6.07, 6.45) is -0.0788. The van der Waals surface area contributed by atoms with E-state index in [0.717, 1.165) is 0 Å². The lowest BCUT2D eigenvalue weighted by Crippen LogP contribution is -2.33. The molecule has 0 atom stereocenters. The third-order valence-corrected chi connectivity index (χ3v) is 2.36. The van der Waals surface area contributed by atoms with Gasteiger partial charge in [0.2, 0.25) is 0 Å². The van der Waals surface area contributed by atoms with E-state index >= 15 is 0 Å². The summed E-state index contributed by atoms with van der Waals surface area (Å²) >= 11 is 5.71. The van der Waals surface area contributed by atoms with Crippen LogP contribution in [0.3, 0.4) is 0 Å². The quantitative estimate of drug-likeness (QED) is 0.868. The largest absolute Gasteiger partial charge is 0.481 e. The Bertz CT molecular complexity index is 406. The molecule has 1 rings (SSSR count). The number of amides is 2. The minimum atomic E-state index is -0.934. The summed E-state index contributed by atoms with van der Waals surface area (Å²) in [5, 5.41) is 11.7. The second-order valence-corrected chi connectivity index (χ2v) is 3.94. The molecule has 17 heavy (non-hydrogen) atoms. The number of urea groups is 1. The molecular formula is C11H13ClN2O3. The van der Waals surface area contributed by atoms with Gasteiger partial charge in [-0.25, -0.2) is 4.79 Å². The number of anilines is 1. The molecule has 0 spiro atoms. The molecule has 0 aliphatic rings. The second kappa shape index (κ2) is 6.10. The molecule has 2 amide bonds. The first-order chi connectivity index (χ1) is 7.99. The number of aliphatic carboxylic acids is 1. The van der Waals surface area contributed by atoms with Crippen molar-refractivity contribution in [2.24, 2.45) is 0 Å². The zero-order chi connectivity index (χ0) is 12.8. The summed E-state index contributed by atoms with van der Waals surface area (Å²) in [6.45, 7) is 0.161. The first-order valence-electron chi connectivity index (χ1n) is 4.98. The first kappa shape index (κ1) is 13.3. The van der Waals surface area contributed by atoms with Crippen molar-refractivity contribution in [1.82, 2.24) is 4.90 Å². The molecule has 0 saturated heterocycles. The molecule has 5 nitrogen and oxygen atoms in total. The Hall–Kier alpha value is -1.75. The molecule has 92 valence electrons. The van der Waals surface area contributed by atoms with Crippen molar-refractivity contribution in [3.8, 4) is 0 Å². The minimum absolute atomic E-state index is 0.0788. The number of carboxylic acids is 1. The lowest BCUT2D eigenvalue weighted by atomic mass is 10.3. The molecular weight excluding hydrogens is 244 g/mol. The SMILES string of the molecule is CN(CCC(=O)O)C(=O)Nc1ccc(Cl)cc1. The van der Waals surface area contributed by atoms with Gasteiger partial charge in [0.05, 0.1) is 6.42 Å². The van der Waals surface area contributed by atoms with E-state index < -0.39 is 5.97 Å². The van der Waals surface area contributed by atoms with Crippen LogP contribution in [-0.2, 0) is 4.79 Å². The summed E-state index contributed by atoms with van der Waals surface area (Å²) in [5.41, 5.74) is 0.613. The van der Waals surface area contributed by atoms with Crippen LogP contribution in [0.4, 0.5) is 10.5 Å². The fourth-order valence-electron chi connectivity index (χ4n) is 1.12. The Morgan fingerprint density at radius 3 is 2.47 bits per heavy atom. The average Bonchev–Trinajstić information content (AvgIpc) is 2.28. The number of rotatable bonds is 4. The van der Waals surface area contributed by atoms with E-state index in [2.05, 4.69) is 5.32 Å². The van der Waals surface area contributed by atoms with Gasteiger partial charge in [0.1, 0.15) is 0 Å². The Morgan fingerprint density at radius 2 is 1.94 bits per heavy atom. The number of nitrogens with one attached hydrogen (secondary N) is 1. The lowest BCUT2D eigenvalue weighted by Gasteiger charge is -2.16. The standard InChI is InChI=1S/C11H13ClN2O3/c1-14(7-6-10(15)16)11(17)13-9-4-2-8(12)3-5-9/h2-5H,6-7H2,1H3,(H,13,17)(H,15,16). The van der Waals surface area contributed by atoms with Gasteiger partial charge in [0.15, 0.2) is 0 Å². The average molecular weight is 257 g/mol. The number of carbonyl (C=O) groups excluding carboxylic acids is 1. The van der Waals surface area contributed by atoms with Crippen molar-refractivity contribution < 1.29 is 14.7 Å². The van der Waals surface area contributed by atoms with Crippen LogP contribution in [0, 0.1) is 0 Å². The number of benzene rings is 1. The molecule has 0 aliphatic heterocycles. The number of carboxylic acid groups (broad SMARTS) is 1. The molecule has 0 aromatic heterocycles. The van der Waals surface area contributed by atoms with Crippen LogP contribution in [0.2, 0.25) is 5.02 Å². The highest BCUT2D eigenvalue weighted by molar-refractivity contribution is 6.30. The van der Waals surface area contributed by atoms with E-state index in [0.29, 0.717) is 10.7 Å². The summed E-state index contributed by atoms with van der Waals surface area (Å²) in [7, 11) is 1.54. The topological polar surface area (TPSA) is 69.6 Å². The molecule has 1 aromatic rings. The van der Waals surface area contributed by atoms with Gasteiger partial charge in [-0.3, -0.25) is 4.79 Å². The van der Waals surface area contributed by atoms with E-state index in [4.69, 9.17) is 16.7 Å². The first-order valence-corrected chi connectivity index (χ1v) is 5.36. The maximum absolute atomic E-state index is 11.6. The van der Waals surface area contributed by atoms with E-state index in [9.17, 15) is 9.59 Å². The van der Waals surface area contributed by atoms with Crippen LogP contribution in [0.25, 0.3) is 0 Å². The fraction of sp³-hybridized carbons (Fsp3) is 0.273. The van der Waals surface area contributed by atoms with Crippen LogP contribution in [0.5, 0.6) is 0 Å². The molecule has 2 N–H and O–H groups in total. The number of hydrogen-bond acceptors (Lipinski definition) is 2. The van der Waals surface area contributed by atoms with Crippen LogP contribution >= 0.6 is 11.6 Å². The van der Waals surface area contributed by atoms with E-state index in [-0.39, 0.29) is 19.0 Å². The number of nitrogens with zero attached hydrogens (tertiary/aromatic N) is 1. The number of halogens is 1. The Kier molecular flexibility index (Phi) is 4.78. The monoisotopic (exact) mass is 256 g/mol. The number of carbonyl (C=O) groups is 2. The maximum Gasteiger partial charge on any atom is 0.321 e. The summed E-state index contributed by atoms with van der Waals surface area (Å²) < 4.78 is 0. The predicted octanol–water partition coefficient (Wildman–Crippen LogP) is 2.28. The van der Waals surface area contributed by atoms with Crippen LogP contribution in [0.15, 0.2) is 24.3 Å². The summed E-state index contributed by atoms with van der Waals surface area (Å²) in [6, 6.07) is 6.31. The van der Waals surface area contributed by atoms with Gasteiger partial charge >= 0.3 is 12.0 Å². The van der Waals surface area contributed by atoms with Crippen molar-refractivity contribution in [2.45, 2.75) is 6.42 Å². The van der Waals surface area contributed by atoms with E-state index in [1.165, 1.54) is 11.9 Å². The zero-order valence-electron chi connectivity index (χ0n) is 9.31. The lowest BCUT2D eigenvalue weighted by molar-refractivity contribution is -0.137. The zero-order valence-corrected chi connectivity index (χ0v) is 10.1. The highest BCUT2D eigenvalue weighted by atomic mass is 35.5. The van der Waals surface area contributed by atoms with Crippen molar-refractivity contribution in [3.05, 3.63) is 29.3 Å². The third-order valence-electron chi connectivity index (χ3n) is 2.10. The predicted molar refractivity (Wildman–Crippen MR) is 65.4 cm³/mol. The third kappa shape index (κ3) is 4.74. The van der Waals surface area contributed by atoms with Crippen molar-refractivity contribution in [3.63, 3.8) is 0 Å². The molecule has 0 bridgehead atoms. The van der Waals surface area contributed by atoms with Crippen molar-refractivity contribution in [2.75, 3.05) is 18.9 Å². The van der Waals surface area contributed by atoms with Crippen molar-refractivity contribution in [1.29, 1.82) is 0 Å². The van der Waals surface area contributed by atoms with Crippen LogP contribution < -0.4 is 5.32 Å². The van der Waals surface area contributed by atoms with Crippen LogP contribution in [-0.4, -0.2) is 35.6 Å². The molecule has 0 unspecified atom stereocenters. The van der Waals surface area contributed by atoms with Gasteiger partial charge in [0.25, 0.3) is 0 Å². The minimum Gasteiger partial charge on any atom is -0.481 e. The van der Waals surface area contributed by atoms with Gasteiger partial charge in [-0.15, -0.1) is 0 Å². The van der Waals surface area contributed by atoms with E-state index in [1.807, 2.05) is 0 Å². The summed E-state index contributed by atoms with van der Waals surface area (Å²) in [4.78, 5) is 23.3. The van der Waals surface area contributed by atoms with Gasteiger partial charge in [0, 0.05) is 24.3 Å². The normalized spacial score (nSPS) is 9.76. The Morgan fingerprint density at radius 1 is 1.35 bits per heavy atom. The van der Waals surface area contributed by atoms with Crippen LogP contribution in [0.1, 0.15) is 6.42 Å². The smallest absolute Gasteiger partial charge is 0.321 e. The van der Waals surface area contributed by atoms with Crippen molar-refractivity contribution >= 4 is 29.3 Å².